The molecule has 1 aliphatic rings. The molecule has 1 fully saturated rings. The van der Waals surface area contributed by atoms with Crippen LogP contribution in [0.2, 0.25) is 0 Å². The molecule has 0 atom stereocenters. The van der Waals surface area contributed by atoms with E-state index in [-0.39, 0.29) is 5.60 Å². The molecular weight excluding hydrogens is 126 g/mol. The number of aliphatic hydroxyl groups is 1. The van der Waals surface area contributed by atoms with Crippen LogP contribution in [0.15, 0.2) is 0 Å². The predicted octanol–water partition coefficient (Wildman–Crippen LogP) is 0.853. The molecule has 0 saturated carbocycles. The van der Waals surface area contributed by atoms with Crippen LogP contribution in [0.4, 0.5) is 0 Å². The Balaban J connectivity index is 2.38. The van der Waals surface area contributed by atoms with Crippen LogP contribution >= 0.6 is 0 Å². The largest absolute Gasteiger partial charge is 0.390 e. The summed E-state index contributed by atoms with van der Waals surface area (Å²) in [5.41, 5.74) is -0.341. The van der Waals surface area contributed by atoms with Gasteiger partial charge in [0.1, 0.15) is 0 Å². The summed E-state index contributed by atoms with van der Waals surface area (Å²) >= 11 is 0. The van der Waals surface area contributed by atoms with E-state index in [2.05, 4.69) is 18.9 Å². The van der Waals surface area contributed by atoms with Gasteiger partial charge in [0.05, 0.1) is 5.60 Å². The first-order valence-electron chi connectivity index (χ1n) is 4.07. The number of hydrogen-bond acceptors (Lipinski definition) is 2. The van der Waals surface area contributed by atoms with Crippen LogP contribution in [0, 0.1) is 0 Å². The molecule has 10 heavy (non-hydrogen) atoms. The van der Waals surface area contributed by atoms with E-state index in [9.17, 15) is 5.11 Å². The van der Waals surface area contributed by atoms with Crippen molar-refractivity contribution in [3.8, 4) is 0 Å². The molecule has 0 amide bonds. The zero-order chi connectivity index (χ0) is 7.61. The quantitative estimate of drug-likeness (QED) is 0.588. The zero-order valence-electron chi connectivity index (χ0n) is 6.93. The summed E-state index contributed by atoms with van der Waals surface area (Å²) in [6.07, 6.45) is 2.79. The van der Waals surface area contributed by atoms with E-state index in [4.69, 9.17) is 0 Å². The van der Waals surface area contributed by atoms with Crippen LogP contribution in [0.5, 0.6) is 0 Å². The highest BCUT2D eigenvalue weighted by Gasteiger charge is 2.28. The SMILES string of the molecule is CCC1(O)CCN(C)CC1. The fourth-order valence-corrected chi connectivity index (χ4v) is 1.39. The zero-order valence-corrected chi connectivity index (χ0v) is 6.93. The second kappa shape index (κ2) is 2.89. The summed E-state index contributed by atoms with van der Waals surface area (Å²) in [4.78, 5) is 2.27. The van der Waals surface area contributed by atoms with Gasteiger partial charge < -0.3 is 10.0 Å². The smallest absolute Gasteiger partial charge is 0.0669 e. The van der Waals surface area contributed by atoms with Crippen molar-refractivity contribution in [2.24, 2.45) is 0 Å². The molecule has 0 aromatic heterocycles. The highest BCUT2D eigenvalue weighted by molar-refractivity contribution is 4.83. The van der Waals surface area contributed by atoms with Crippen molar-refractivity contribution in [2.45, 2.75) is 31.8 Å². The van der Waals surface area contributed by atoms with Gasteiger partial charge in [-0.1, -0.05) is 6.92 Å². The highest BCUT2D eigenvalue weighted by Crippen LogP contribution is 2.23. The number of piperidine rings is 1. The van der Waals surface area contributed by atoms with Crippen LogP contribution in [0.25, 0.3) is 0 Å². The molecule has 1 rings (SSSR count). The topological polar surface area (TPSA) is 23.5 Å². The van der Waals surface area contributed by atoms with Crippen molar-refractivity contribution in [1.82, 2.24) is 4.90 Å². The van der Waals surface area contributed by atoms with Gasteiger partial charge in [-0.25, -0.2) is 0 Å². The van der Waals surface area contributed by atoms with Gasteiger partial charge in [-0.2, -0.15) is 0 Å². The van der Waals surface area contributed by atoms with E-state index in [1.807, 2.05) is 0 Å². The summed E-state index contributed by atoms with van der Waals surface area (Å²) in [6.45, 7) is 4.15. The van der Waals surface area contributed by atoms with Crippen LogP contribution < -0.4 is 0 Å². The molecule has 1 N–H and O–H groups in total. The highest BCUT2D eigenvalue weighted by atomic mass is 16.3. The van der Waals surface area contributed by atoms with Gasteiger partial charge in [-0.3, -0.25) is 0 Å². The minimum Gasteiger partial charge on any atom is -0.390 e. The molecule has 0 aliphatic carbocycles. The second-order valence-corrected chi connectivity index (χ2v) is 3.38. The Morgan fingerprint density at radius 2 is 1.90 bits per heavy atom. The summed E-state index contributed by atoms with van der Waals surface area (Å²) in [6, 6.07) is 0. The average Bonchev–Trinajstić information content (AvgIpc) is 1.96. The Kier molecular flexibility index (Phi) is 2.32. The van der Waals surface area contributed by atoms with E-state index in [0.29, 0.717) is 0 Å². The molecule has 60 valence electrons. The summed E-state index contributed by atoms with van der Waals surface area (Å²) in [7, 11) is 2.11. The van der Waals surface area contributed by atoms with Crippen molar-refractivity contribution in [3.05, 3.63) is 0 Å². The number of rotatable bonds is 1. The number of nitrogens with zero attached hydrogens (tertiary/aromatic N) is 1. The van der Waals surface area contributed by atoms with Gasteiger partial charge >= 0.3 is 0 Å². The van der Waals surface area contributed by atoms with E-state index in [0.717, 1.165) is 32.4 Å². The monoisotopic (exact) mass is 143 g/mol. The third-order valence-electron chi connectivity index (χ3n) is 2.58. The van der Waals surface area contributed by atoms with Gasteiger partial charge in [0.2, 0.25) is 0 Å². The fraction of sp³-hybridized carbons (Fsp3) is 1.00. The normalized spacial score (nSPS) is 26.7. The van der Waals surface area contributed by atoms with E-state index < -0.39 is 0 Å². The minimum atomic E-state index is -0.341. The lowest BCUT2D eigenvalue weighted by Gasteiger charge is -2.35. The number of likely N-dealkylation sites (tertiary alicyclic amines) is 1. The van der Waals surface area contributed by atoms with Crippen LogP contribution in [0.1, 0.15) is 26.2 Å². The summed E-state index contributed by atoms with van der Waals surface area (Å²) < 4.78 is 0. The summed E-state index contributed by atoms with van der Waals surface area (Å²) in [5.74, 6) is 0. The van der Waals surface area contributed by atoms with E-state index in [1.54, 1.807) is 0 Å². The second-order valence-electron chi connectivity index (χ2n) is 3.38. The average molecular weight is 143 g/mol. The predicted molar refractivity (Wildman–Crippen MR) is 42.0 cm³/mol. The molecule has 0 spiro atoms. The standard InChI is InChI=1S/C8H17NO/c1-3-8(10)4-6-9(2)7-5-8/h10H,3-7H2,1-2H3. The Bertz CT molecular complexity index is 106. The Hall–Kier alpha value is -0.0800. The molecule has 0 radical (unpaired) electrons. The lowest BCUT2D eigenvalue weighted by molar-refractivity contribution is -0.0184. The lowest BCUT2D eigenvalue weighted by Crippen LogP contribution is -2.42. The van der Waals surface area contributed by atoms with Crippen molar-refractivity contribution in [2.75, 3.05) is 20.1 Å². The molecular formula is C8H17NO. The third-order valence-corrected chi connectivity index (χ3v) is 2.58. The molecule has 0 aromatic carbocycles. The minimum absolute atomic E-state index is 0.341. The molecule has 0 unspecified atom stereocenters. The van der Waals surface area contributed by atoms with Gasteiger partial charge in [0.25, 0.3) is 0 Å². The molecule has 2 nitrogen and oxygen atoms in total. The van der Waals surface area contributed by atoms with Crippen molar-refractivity contribution >= 4 is 0 Å². The first kappa shape index (κ1) is 8.02. The van der Waals surface area contributed by atoms with Crippen LogP contribution in [0.3, 0.4) is 0 Å². The van der Waals surface area contributed by atoms with Crippen molar-refractivity contribution in [3.63, 3.8) is 0 Å². The van der Waals surface area contributed by atoms with Crippen LogP contribution in [-0.2, 0) is 0 Å². The molecule has 1 aliphatic heterocycles. The van der Waals surface area contributed by atoms with Gasteiger partial charge in [0, 0.05) is 13.1 Å². The Morgan fingerprint density at radius 1 is 1.40 bits per heavy atom. The van der Waals surface area contributed by atoms with Crippen LogP contribution in [-0.4, -0.2) is 35.7 Å². The maximum atomic E-state index is 9.77. The molecule has 0 aromatic rings. The molecule has 0 bridgehead atoms. The summed E-state index contributed by atoms with van der Waals surface area (Å²) in [5, 5.41) is 9.77. The molecule has 1 saturated heterocycles. The van der Waals surface area contributed by atoms with Crippen molar-refractivity contribution < 1.29 is 5.11 Å². The van der Waals surface area contributed by atoms with Gasteiger partial charge in [0.15, 0.2) is 0 Å². The first-order valence-corrected chi connectivity index (χ1v) is 4.07. The maximum absolute atomic E-state index is 9.77. The van der Waals surface area contributed by atoms with Crippen molar-refractivity contribution in [1.29, 1.82) is 0 Å². The molecule has 2 heteroatoms. The molecule has 1 heterocycles. The maximum Gasteiger partial charge on any atom is 0.0669 e. The first-order chi connectivity index (χ1) is 4.66. The van der Waals surface area contributed by atoms with E-state index in [1.165, 1.54) is 0 Å². The fourth-order valence-electron chi connectivity index (χ4n) is 1.39. The Labute approximate surface area is 62.8 Å². The van der Waals surface area contributed by atoms with Gasteiger partial charge in [-0.05, 0) is 26.3 Å². The third kappa shape index (κ3) is 1.70. The van der Waals surface area contributed by atoms with E-state index >= 15 is 0 Å². The Morgan fingerprint density at radius 3 is 2.30 bits per heavy atom. The number of hydrogen-bond donors (Lipinski definition) is 1. The lowest BCUT2D eigenvalue weighted by atomic mass is 9.89. The van der Waals surface area contributed by atoms with Gasteiger partial charge in [-0.15, -0.1) is 0 Å².